The Morgan fingerprint density at radius 3 is 2.39 bits per heavy atom. The molecule has 0 spiro atoms. The monoisotopic (exact) mass is 326 g/mol. The summed E-state index contributed by atoms with van der Waals surface area (Å²) in [6.07, 6.45) is 0. The third-order valence-electron chi connectivity index (χ3n) is 3.46. The molecular formula is C17H15FN4S. The van der Waals surface area contributed by atoms with E-state index in [1.807, 2.05) is 32.0 Å². The van der Waals surface area contributed by atoms with Crippen molar-refractivity contribution in [2.45, 2.75) is 13.8 Å². The Morgan fingerprint density at radius 2 is 1.65 bits per heavy atom. The first-order chi connectivity index (χ1) is 11.0. The van der Waals surface area contributed by atoms with Gasteiger partial charge in [-0.3, -0.25) is 0 Å². The highest BCUT2D eigenvalue weighted by Gasteiger charge is 2.06. The number of anilines is 2. The lowest BCUT2D eigenvalue weighted by atomic mass is 10.2. The molecule has 3 aromatic rings. The molecule has 2 N–H and O–H groups in total. The van der Waals surface area contributed by atoms with Gasteiger partial charge in [-0.1, -0.05) is 12.1 Å². The van der Waals surface area contributed by atoms with Crippen LogP contribution in [0.3, 0.4) is 0 Å². The van der Waals surface area contributed by atoms with Crippen molar-refractivity contribution in [2.24, 2.45) is 0 Å². The maximum Gasteiger partial charge on any atom is 0.175 e. The molecule has 2 aromatic carbocycles. The van der Waals surface area contributed by atoms with Crippen molar-refractivity contribution in [1.82, 2.24) is 9.97 Å². The Balaban J connectivity index is 1.80. The van der Waals surface area contributed by atoms with Crippen LogP contribution in [0.25, 0.3) is 11.0 Å². The Hall–Kier alpha value is -2.60. The number of thiocarbonyl (C=S) groups is 1. The summed E-state index contributed by atoms with van der Waals surface area (Å²) < 4.78 is 13.6. The molecule has 23 heavy (non-hydrogen) atoms. The lowest BCUT2D eigenvalue weighted by Crippen LogP contribution is -2.19. The second kappa shape index (κ2) is 6.26. The van der Waals surface area contributed by atoms with Crippen molar-refractivity contribution < 1.29 is 4.39 Å². The molecule has 4 nitrogen and oxygen atoms in total. The van der Waals surface area contributed by atoms with Gasteiger partial charge in [0.2, 0.25) is 0 Å². The first-order valence-electron chi connectivity index (χ1n) is 7.10. The smallest absolute Gasteiger partial charge is 0.175 e. The van der Waals surface area contributed by atoms with E-state index in [0.29, 0.717) is 10.8 Å². The number of nitrogens with one attached hydrogen (secondary N) is 2. The Kier molecular flexibility index (Phi) is 4.16. The maximum atomic E-state index is 13.6. The van der Waals surface area contributed by atoms with E-state index in [1.165, 1.54) is 6.07 Å². The minimum atomic E-state index is -0.355. The van der Waals surface area contributed by atoms with E-state index in [9.17, 15) is 4.39 Å². The first-order valence-corrected chi connectivity index (χ1v) is 7.51. The molecule has 3 rings (SSSR count). The number of aromatic nitrogens is 2. The zero-order chi connectivity index (χ0) is 16.4. The molecule has 116 valence electrons. The van der Waals surface area contributed by atoms with E-state index < -0.39 is 0 Å². The normalized spacial score (nSPS) is 10.6. The van der Waals surface area contributed by atoms with Gasteiger partial charge in [0.1, 0.15) is 5.82 Å². The molecule has 1 heterocycles. The molecule has 0 unspecified atom stereocenters. The molecule has 0 aliphatic heterocycles. The number of para-hydroxylation sites is 1. The number of aryl methyl sites for hydroxylation is 2. The van der Waals surface area contributed by atoms with E-state index in [-0.39, 0.29) is 5.82 Å². The van der Waals surface area contributed by atoms with Gasteiger partial charge in [-0.15, -0.1) is 0 Å². The Bertz CT molecular complexity index is 895. The molecule has 0 aliphatic carbocycles. The van der Waals surface area contributed by atoms with Crippen LogP contribution in [0.15, 0.2) is 42.5 Å². The van der Waals surface area contributed by atoms with Crippen LogP contribution in [0.1, 0.15) is 11.4 Å². The predicted molar refractivity (Wildman–Crippen MR) is 95.3 cm³/mol. The molecule has 0 amide bonds. The van der Waals surface area contributed by atoms with Crippen LogP contribution in [0, 0.1) is 19.7 Å². The summed E-state index contributed by atoms with van der Waals surface area (Å²) in [5.74, 6) is -0.355. The molecule has 0 aliphatic rings. The lowest BCUT2D eigenvalue weighted by molar-refractivity contribution is 0.632. The third-order valence-corrected chi connectivity index (χ3v) is 3.66. The number of hydrogen-bond acceptors (Lipinski definition) is 3. The minimum absolute atomic E-state index is 0.311. The summed E-state index contributed by atoms with van der Waals surface area (Å²) in [5.41, 5.74) is 4.51. The highest BCUT2D eigenvalue weighted by Crippen LogP contribution is 2.18. The zero-order valence-electron chi connectivity index (χ0n) is 12.7. The van der Waals surface area contributed by atoms with Gasteiger partial charge in [-0.25, -0.2) is 14.4 Å². The van der Waals surface area contributed by atoms with Crippen LogP contribution in [0.5, 0.6) is 0 Å². The summed E-state index contributed by atoms with van der Waals surface area (Å²) in [7, 11) is 0. The van der Waals surface area contributed by atoms with Gasteiger partial charge in [0.05, 0.1) is 28.1 Å². The van der Waals surface area contributed by atoms with E-state index >= 15 is 0 Å². The number of fused-ring (bicyclic) bond motifs is 1. The Labute approximate surface area is 138 Å². The van der Waals surface area contributed by atoms with Crippen LogP contribution < -0.4 is 10.6 Å². The molecular weight excluding hydrogens is 311 g/mol. The minimum Gasteiger partial charge on any atom is -0.332 e. The fourth-order valence-corrected chi connectivity index (χ4v) is 2.38. The predicted octanol–water partition coefficient (Wildman–Crippen LogP) is 4.19. The van der Waals surface area contributed by atoms with Crippen LogP contribution >= 0.6 is 12.2 Å². The van der Waals surface area contributed by atoms with Crippen molar-refractivity contribution in [3.05, 3.63) is 59.7 Å². The second-order valence-corrected chi connectivity index (χ2v) is 5.57. The SMILES string of the molecule is Cc1nc2ccc(NC(=S)Nc3ccccc3F)cc2nc1C. The molecule has 0 bridgehead atoms. The van der Waals surface area contributed by atoms with E-state index in [1.54, 1.807) is 18.2 Å². The van der Waals surface area contributed by atoms with Crippen LogP contribution in [0.4, 0.5) is 15.8 Å². The largest absolute Gasteiger partial charge is 0.332 e. The number of hydrogen-bond donors (Lipinski definition) is 2. The van der Waals surface area contributed by atoms with Crippen molar-refractivity contribution in [1.29, 1.82) is 0 Å². The van der Waals surface area contributed by atoms with Gasteiger partial charge in [0, 0.05) is 5.69 Å². The van der Waals surface area contributed by atoms with Crippen molar-refractivity contribution in [3.8, 4) is 0 Å². The summed E-state index contributed by atoms with van der Waals surface area (Å²) in [5, 5.41) is 6.18. The average Bonchev–Trinajstić information content (AvgIpc) is 2.51. The quantitative estimate of drug-likeness (QED) is 0.691. The van der Waals surface area contributed by atoms with Crippen LogP contribution in [-0.4, -0.2) is 15.1 Å². The fourth-order valence-electron chi connectivity index (χ4n) is 2.16. The standard InChI is InChI=1S/C17H15FN4S/c1-10-11(2)20-16-9-12(7-8-15(16)19-10)21-17(23)22-14-6-4-3-5-13(14)18/h3-9H,1-2H3,(H2,21,22,23). The summed E-state index contributed by atoms with van der Waals surface area (Å²) in [4.78, 5) is 9.00. The Morgan fingerprint density at radius 1 is 0.957 bits per heavy atom. The highest BCUT2D eigenvalue weighted by molar-refractivity contribution is 7.80. The lowest BCUT2D eigenvalue weighted by Gasteiger charge is -2.11. The van der Waals surface area contributed by atoms with Crippen molar-refractivity contribution >= 4 is 39.7 Å². The zero-order valence-corrected chi connectivity index (χ0v) is 13.5. The van der Waals surface area contributed by atoms with Gasteiger partial charge in [0.15, 0.2) is 5.11 Å². The topological polar surface area (TPSA) is 49.8 Å². The molecule has 1 aromatic heterocycles. The third kappa shape index (κ3) is 3.43. The molecule has 0 saturated carbocycles. The number of halogens is 1. The van der Waals surface area contributed by atoms with Gasteiger partial charge in [0.25, 0.3) is 0 Å². The molecule has 0 saturated heterocycles. The molecule has 0 fully saturated rings. The fraction of sp³-hybridized carbons (Fsp3) is 0.118. The molecule has 0 atom stereocenters. The average molecular weight is 326 g/mol. The summed E-state index contributed by atoms with van der Waals surface area (Å²) in [6, 6.07) is 12.0. The number of benzene rings is 2. The van der Waals surface area contributed by atoms with Gasteiger partial charge in [-0.05, 0) is 56.4 Å². The highest BCUT2D eigenvalue weighted by atomic mass is 32.1. The van der Waals surface area contributed by atoms with Crippen molar-refractivity contribution in [2.75, 3.05) is 10.6 Å². The molecule has 0 radical (unpaired) electrons. The van der Waals surface area contributed by atoms with Gasteiger partial charge < -0.3 is 10.6 Å². The number of rotatable bonds is 2. The van der Waals surface area contributed by atoms with Gasteiger partial charge >= 0.3 is 0 Å². The van der Waals surface area contributed by atoms with E-state index in [0.717, 1.165) is 28.1 Å². The van der Waals surface area contributed by atoms with Gasteiger partial charge in [-0.2, -0.15) is 0 Å². The maximum absolute atomic E-state index is 13.6. The summed E-state index contributed by atoms with van der Waals surface area (Å²) in [6.45, 7) is 3.85. The van der Waals surface area contributed by atoms with Crippen LogP contribution in [0.2, 0.25) is 0 Å². The molecule has 6 heteroatoms. The second-order valence-electron chi connectivity index (χ2n) is 5.16. The van der Waals surface area contributed by atoms with Crippen LogP contribution in [-0.2, 0) is 0 Å². The van der Waals surface area contributed by atoms with Crippen molar-refractivity contribution in [3.63, 3.8) is 0 Å². The first kappa shape index (κ1) is 15.3. The summed E-state index contributed by atoms with van der Waals surface area (Å²) >= 11 is 5.22. The number of nitrogens with zero attached hydrogens (tertiary/aromatic N) is 2. The van der Waals surface area contributed by atoms with E-state index in [4.69, 9.17) is 12.2 Å². The van der Waals surface area contributed by atoms with E-state index in [2.05, 4.69) is 20.6 Å².